The molecule has 0 heterocycles. The number of nitrogens with zero attached hydrogens (tertiary/aromatic N) is 1. The fraction of sp³-hybridized carbons (Fsp3) is 0.316. The highest BCUT2D eigenvalue weighted by atomic mass is 32.2. The number of hydrogen-bond donors (Lipinski definition) is 2. The lowest BCUT2D eigenvalue weighted by Gasteiger charge is -2.13. The molecule has 0 bridgehead atoms. The van der Waals surface area contributed by atoms with Crippen molar-refractivity contribution in [1.82, 2.24) is 10.0 Å². The molecule has 2 aromatic carbocycles. The smallest absolute Gasteiger partial charge is 0.251 e. The Balaban J connectivity index is 1.95. The Morgan fingerprint density at radius 2 is 1.67 bits per heavy atom. The second kappa shape index (κ2) is 9.50. The topological polar surface area (TPSA) is 87.7 Å². The number of benzene rings is 2. The van der Waals surface area contributed by atoms with E-state index in [0.29, 0.717) is 12.1 Å². The van der Waals surface area contributed by atoms with Gasteiger partial charge in [0.2, 0.25) is 10.0 Å². The van der Waals surface area contributed by atoms with Crippen LogP contribution in [0, 0.1) is 0 Å². The van der Waals surface area contributed by atoms with Crippen LogP contribution in [0.2, 0.25) is 0 Å². The van der Waals surface area contributed by atoms with Gasteiger partial charge in [-0.2, -0.15) is 0 Å². The molecule has 0 radical (unpaired) electrons. The summed E-state index contributed by atoms with van der Waals surface area (Å²) < 4.78 is 31.5. The van der Waals surface area contributed by atoms with Crippen molar-refractivity contribution in [3.63, 3.8) is 0 Å². The maximum absolute atomic E-state index is 12.3. The Hall–Kier alpha value is -2.42. The van der Waals surface area contributed by atoms with Crippen molar-refractivity contribution in [2.45, 2.75) is 11.4 Å². The Morgan fingerprint density at radius 1 is 1.04 bits per heavy atom. The van der Waals surface area contributed by atoms with Gasteiger partial charge in [-0.3, -0.25) is 4.79 Å². The highest BCUT2D eigenvalue weighted by Crippen LogP contribution is 2.13. The van der Waals surface area contributed by atoms with Crippen LogP contribution < -0.4 is 14.9 Å². The number of rotatable bonds is 9. The molecule has 0 atom stereocenters. The van der Waals surface area contributed by atoms with E-state index in [0.717, 1.165) is 11.3 Å². The SMILES string of the molecule is COCCNS(=O)(=O)c1ccc(C(=O)NCc2ccc(N(C)C)cc2)cc1. The van der Waals surface area contributed by atoms with Crippen LogP contribution in [0.4, 0.5) is 5.69 Å². The minimum absolute atomic E-state index is 0.106. The molecule has 27 heavy (non-hydrogen) atoms. The van der Waals surface area contributed by atoms with Crippen molar-refractivity contribution in [3.05, 3.63) is 59.7 Å². The molecule has 2 N–H and O–H groups in total. The molecule has 1 amide bonds. The summed E-state index contributed by atoms with van der Waals surface area (Å²) in [7, 11) is 1.82. The number of nitrogens with one attached hydrogen (secondary N) is 2. The normalized spacial score (nSPS) is 11.2. The van der Waals surface area contributed by atoms with Gasteiger partial charge in [-0.25, -0.2) is 13.1 Å². The van der Waals surface area contributed by atoms with Gasteiger partial charge in [0.1, 0.15) is 0 Å². The molecule has 0 fully saturated rings. The van der Waals surface area contributed by atoms with Gasteiger partial charge in [-0.05, 0) is 42.0 Å². The molecular weight excluding hydrogens is 366 g/mol. The van der Waals surface area contributed by atoms with Crippen LogP contribution in [0.1, 0.15) is 15.9 Å². The number of hydrogen-bond acceptors (Lipinski definition) is 5. The number of methoxy groups -OCH3 is 1. The van der Waals surface area contributed by atoms with Crippen LogP contribution in [0.15, 0.2) is 53.4 Å². The van der Waals surface area contributed by atoms with Crippen molar-refractivity contribution < 1.29 is 17.9 Å². The summed E-state index contributed by atoms with van der Waals surface area (Å²) in [6, 6.07) is 13.7. The third kappa shape index (κ3) is 6.06. The van der Waals surface area contributed by atoms with E-state index >= 15 is 0 Å². The average Bonchev–Trinajstić information content (AvgIpc) is 2.66. The summed E-state index contributed by atoms with van der Waals surface area (Å²) in [5.41, 5.74) is 2.47. The molecule has 0 aliphatic carbocycles. The molecule has 2 rings (SSSR count). The fourth-order valence-electron chi connectivity index (χ4n) is 2.34. The first kappa shape index (κ1) is 20.9. The van der Waals surface area contributed by atoms with Crippen LogP contribution in [0.5, 0.6) is 0 Å². The van der Waals surface area contributed by atoms with Crippen LogP contribution in [0.25, 0.3) is 0 Å². The van der Waals surface area contributed by atoms with E-state index in [9.17, 15) is 13.2 Å². The van der Waals surface area contributed by atoms with Gasteiger partial charge < -0.3 is 15.0 Å². The third-order valence-electron chi connectivity index (χ3n) is 3.93. The Kier molecular flexibility index (Phi) is 7.35. The Bertz CT molecular complexity index is 848. The van der Waals surface area contributed by atoms with Gasteiger partial charge >= 0.3 is 0 Å². The monoisotopic (exact) mass is 391 g/mol. The number of carbonyl (C=O) groups is 1. The van der Waals surface area contributed by atoms with Crippen molar-refractivity contribution in [3.8, 4) is 0 Å². The number of anilines is 1. The van der Waals surface area contributed by atoms with E-state index in [4.69, 9.17) is 4.74 Å². The van der Waals surface area contributed by atoms with Gasteiger partial charge in [-0.1, -0.05) is 12.1 Å². The number of sulfonamides is 1. The van der Waals surface area contributed by atoms with E-state index in [1.807, 2.05) is 43.3 Å². The predicted molar refractivity (Wildman–Crippen MR) is 105 cm³/mol. The van der Waals surface area contributed by atoms with Crippen LogP contribution in [0.3, 0.4) is 0 Å². The van der Waals surface area contributed by atoms with Gasteiger partial charge in [-0.15, -0.1) is 0 Å². The quantitative estimate of drug-likeness (QED) is 0.634. The minimum Gasteiger partial charge on any atom is -0.383 e. The number of carbonyl (C=O) groups excluding carboxylic acids is 1. The van der Waals surface area contributed by atoms with E-state index in [-0.39, 0.29) is 24.0 Å². The van der Waals surface area contributed by atoms with Gasteiger partial charge in [0.15, 0.2) is 0 Å². The summed E-state index contributed by atoms with van der Waals surface area (Å²) in [5, 5.41) is 2.83. The first-order valence-corrected chi connectivity index (χ1v) is 9.95. The summed E-state index contributed by atoms with van der Waals surface area (Å²) in [4.78, 5) is 14.4. The van der Waals surface area contributed by atoms with Crippen LogP contribution in [-0.4, -0.2) is 48.7 Å². The highest BCUT2D eigenvalue weighted by Gasteiger charge is 2.14. The second-order valence-corrected chi connectivity index (χ2v) is 7.93. The molecule has 2 aromatic rings. The van der Waals surface area contributed by atoms with E-state index in [1.165, 1.54) is 31.4 Å². The summed E-state index contributed by atoms with van der Waals surface area (Å²) in [6.45, 7) is 0.869. The van der Waals surface area contributed by atoms with Gasteiger partial charge in [0, 0.05) is 45.5 Å². The molecule has 0 saturated carbocycles. The third-order valence-corrected chi connectivity index (χ3v) is 5.41. The molecule has 0 saturated heterocycles. The molecule has 0 unspecified atom stereocenters. The summed E-state index contributed by atoms with van der Waals surface area (Å²) in [5.74, 6) is -0.261. The van der Waals surface area contributed by atoms with E-state index in [2.05, 4.69) is 10.0 Å². The van der Waals surface area contributed by atoms with Crippen LogP contribution >= 0.6 is 0 Å². The molecule has 0 spiro atoms. The lowest BCUT2D eigenvalue weighted by molar-refractivity contribution is 0.0951. The maximum Gasteiger partial charge on any atom is 0.251 e. The average molecular weight is 391 g/mol. The zero-order valence-electron chi connectivity index (χ0n) is 15.7. The highest BCUT2D eigenvalue weighted by molar-refractivity contribution is 7.89. The second-order valence-electron chi connectivity index (χ2n) is 6.16. The summed E-state index contributed by atoms with van der Waals surface area (Å²) >= 11 is 0. The molecule has 7 nitrogen and oxygen atoms in total. The van der Waals surface area contributed by atoms with Gasteiger partial charge in [0.05, 0.1) is 11.5 Å². The molecule has 146 valence electrons. The first-order valence-electron chi connectivity index (χ1n) is 8.46. The summed E-state index contributed by atoms with van der Waals surface area (Å²) in [6.07, 6.45) is 0. The molecule has 0 aromatic heterocycles. The molecule has 8 heteroatoms. The maximum atomic E-state index is 12.3. The molecule has 0 aliphatic rings. The lowest BCUT2D eigenvalue weighted by atomic mass is 10.2. The van der Waals surface area contributed by atoms with Gasteiger partial charge in [0.25, 0.3) is 5.91 Å². The minimum atomic E-state index is -3.61. The van der Waals surface area contributed by atoms with Crippen molar-refractivity contribution in [2.75, 3.05) is 39.3 Å². The van der Waals surface area contributed by atoms with E-state index in [1.54, 1.807) is 0 Å². The number of amides is 1. The van der Waals surface area contributed by atoms with Crippen molar-refractivity contribution in [1.29, 1.82) is 0 Å². The standard InChI is InChI=1S/C19H25N3O4S/c1-22(2)17-8-4-15(5-9-17)14-20-19(23)16-6-10-18(11-7-16)27(24,25)21-12-13-26-3/h4-11,21H,12-14H2,1-3H3,(H,20,23). The van der Waals surface area contributed by atoms with Crippen molar-refractivity contribution >= 4 is 21.6 Å². The zero-order chi connectivity index (χ0) is 19.9. The first-order chi connectivity index (χ1) is 12.8. The molecular formula is C19H25N3O4S. The largest absolute Gasteiger partial charge is 0.383 e. The van der Waals surface area contributed by atoms with Crippen molar-refractivity contribution in [2.24, 2.45) is 0 Å². The van der Waals surface area contributed by atoms with E-state index < -0.39 is 10.0 Å². The fourth-order valence-corrected chi connectivity index (χ4v) is 3.36. The van der Waals surface area contributed by atoms with Crippen LogP contribution in [-0.2, 0) is 21.3 Å². The number of ether oxygens (including phenoxy) is 1. The molecule has 0 aliphatic heterocycles. The lowest BCUT2D eigenvalue weighted by Crippen LogP contribution is -2.27. The zero-order valence-corrected chi connectivity index (χ0v) is 16.5. The Labute approximate surface area is 160 Å². The predicted octanol–water partition coefficient (Wildman–Crippen LogP) is 1.61. The Morgan fingerprint density at radius 3 is 2.22 bits per heavy atom.